The smallest absolute Gasteiger partial charge is 0.346 e. The van der Waals surface area contributed by atoms with Gasteiger partial charge in [-0.1, -0.05) is 6.08 Å². The monoisotopic (exact) mass is 257 g/mol. The van der Waals surface area contributed by atoms with Gasteiger partial charge in [-0.2, -0.15) is 4.99 Å². The molecule has 2 rings (SSSR count). The first-order valence-electron chi connectivity index (χ1n) is 5.39. The van der Waals surface area contributed by atoms with E-state index in [1.165, 1.54) is 4.90 Å². The Morgan fingerprint density at radius 2 is 2.29 bits per heavy atom. The molecule has 0 saturated carbocycles. The molecule has 94 valence electrons. The molecule has 2 aliphatic heterocycles. The Hall–Kier alpha value is -1.37. The highest BCUT2D eigenvalue weighted by Gasteiger charge is 2.52. The Bertz CT molecular complexity index is 497. The standard InChI is InChI=1S/C10H15N3O3S/c1-2-5-13-9(14)12-8(11)10(13)4-3-6-17(15,16)7-10/h2H,1,3-7H2,(H2,11,12,14). The van der Waals surface area contributed by atoms with Crippen molar-refractivity contribution in [1.82, 2.24) is 4.90 Å². The van der Waals surface area contributed by atoms with Gasteiger partial charge in [-0.05, 0) is 12.8 Å². The lowest BCUT2D eigenvalue weighted by Crippen LogP contribution is -2.60. The summed E-state index contributed by atoms with van der Waals surface area (Å²) < 4.78 is 23.5. The Labute approximate surface area is 100 Å². The number of carbonyl (C=O) groups is 1. The Morgan fingerprint density at radius 1 is 1.59 bits per heavy atom. The fourth-order valence-electron chi connectivity index (χ4n) is 2.48. The van der Waals surface area contributed by atoms with E-state index in [4.69, 9.17) is 5.73 Å². The number of carbonyl (C=O) groups excluding carboxylic acids is 1. The maximum absolute atomic E-state index is 11.7. The quantitative estimate of drug-likeness (QED) is 0.700. The molecule has 7 heteroatoms. The van der Waals surface area contributed by atoms with Crippen molar-refractivity contribution in [1.29, 1.82) is 0 Å². The van der Waals surface area contributed by atoms with Crippen LogP contribution in [0.15, 0.2) is 17.6 Å². The van der Waals surface area contributed by atoms with E-state index in [0.717, 1.165) is 0 Å². The van der Waals surface area contributed by atoms with Crippen LogP contribution in [0.25, 0.3) is 0 Å². The summed E-state index contributed by atoms with van der Waals surface area (Å²) in [5, 5.41) is 0. The van der Waals surface area contributed by atoms with Crippen LogP contribution in [-0.4, -0.2) is 48.8 Å². The highest BCUT2D eigenvalue weighted by molar-refractivity contribution is 7.91. The van der Waals surface area contributed by atoms with Gasteiger partial charge in [0, 0.05) is 6.54 Å². The minimum absolute atomic E-state index is 0.118. The third kappa shape index (κ3) is 1.84. The number of sulfone groups is 1. The van der Waals surface area contributed by atoms with E-state index in [9.17, 15) is 13.2 Å². The first-order chi connectivity index (χ1) is 7.91. The number of hydrogen-bond donors (Lipinski definition) is 1. The van der Waals surface area contributed by atoms with Gasteiger partial charge >= 0.3 is 6.03 Å². The average Bonchev–Trinajstić information content (AvgIpc) is 2.42. The molecule has 1 fully saturated rings. The minimum Gasteiger partial charge on any atom is -0.385 e. The highest BCUT2D eigenvalue weighted by Crippen LogP contribution is 2.33. The van der Waals surface area contributed by atoms with Crippen molar-refractivity contribution in [2.75, 3.05) is 18.1 Å². The summed E-state index contributed by atoms with van der Waals surface area (Å²) in [6, 6.07) is -0.473. The van der Waals surface area contributed by atoms with Gasteiger partial charge in [0.1, 0.15) is 11.4 Å². The summed E-state index contributed by atoms with van der Waals surface area (Å²) in [7, 11) is -3.17. The Balaban J connectivity index is 2.42. The molecule has 6 nitrogen and oxygen atoms in total. The first-order valence-corrected chi connectivity index (χ1v) is 7.21. The highest BCUT2D eigenvalue weighted by atomic mass is 32.2. The van der Waals surface area contributed by atoms with Crippen LogP contribution >= 0.6 is 0 Å². The van der Waals surface area contributed by atoms with Gasteiger partial charge in [-0.15, -0.1) is 6.58 Å². The molecule has 17 heavy (non-hydrogen) atoms. The van der Waals surface area contributed by atoms with Gasteiger partial charge in [0.15, 0.2) is 9.84 Å². The number of nitrogens with two attached hydrogens (primary N) is 1. The normalized spacial score (nSPS) is 31.6. The van der Waals surface area contributed by atoms with E-state index in [-0.39, 0.29) is 23.9 Å². The molecular weight excluding hydrogens is 242 g/mol. The van der Waals surface area contributed by atoms with Crippen LogP contribution in [0.5, 0.6) is 0 Å². The second-order valence-electron chi connectivity index (χ2n) is 4.41. The minimum atomic E-state index is -3.17. The van der Waals surface area contributed by atoms with E-state index >= 15 is 0 Å². The largest absolute Gasteiger partial charge is 0.385 e. The Kier molecular flexibility index (Phi) is 2.73. The maximum Gasteiger partial charge on any atom is 0.346 e. The number of rotatable bonds is 2. The molecule has 0 bridgehead atoms. The van der Waals surface area contributed by atoms with Crippen molar-refractivity contribution in [3.8, 4) is 0 Å². The number of hydrogen-bond acceptors (Lipinski definition) is 4. The topological polar surface area (TPSA) is 92.8 Å². The molecule has 0 aromatic rings. The zero-order valence-corrected chi connectivity index (χ0v) is 10.2. The summed E-state index contributed by atoms with van der Waals surface area (Å²) in [6.45, 7) is 3.83. The van der Waals surface area contributed by atoms with Gasteiger partial charge < -0.3 is 10.6 Å². The van der Waals surface area contributed by atoms with Crippen LogP contribution in [-0.2, 0) is 9.84 Å². The van der Waals surface area contributed by atoms with E-state index in [1.807, 2.05) is 0 Å². The molecular formula is C10H15N3O3S. The van der Waals surface area contributed by atoms with E-state index in [1.54, 1.807) is 6.08 Å². The Morgan fingerprint density at radius 3 is 2.88 bits per heavy atom. The van der Waals surface area contributed by atoms with Gasteiger partial charge in [0.2, 0.25) is 0 Å². The molecule has 0 aromatic heterocycles. The average molecular weight is 257 g/mol. The molecule has 1 saturated heterocycles. The third-order valence-corrected chi connectivity index (χ3v) is 5.08. The van der Waals surface area contributed by atoms with Crippen molar-refractivity contribution in [3.63, 3.8) is 0 Å². The fourth-order valence-corrected chi connectivity index (χ4v) is 4.38. The van der Waals surface area contributed by atoms with Crippen molar-refractivity contribution < 1.29 is 13.2 Å². The molecule has 1 spiro atoms. The van der Waals surface area contributed by atoms with Crippen molar-refractivity contribution in [2.45, 2.75) is 18.4 Å². The predicted octanol–water partition coefficient (Wildman–Crippen LogP) is -0.0874. The van der Waals surface area contributed by atoms with E-state index in [2.05, 4.69) is 11.6 Å². The van der Waals surface area contributed by atoms with E-state index in [0.29, 0.717) is 12.8 Å². The molecule has 2 aliphatic rings. The lowest BCUT2D eigenvalue weighted by atomic mass is 9.93. The van der Waals surface area contributed by atoms with Crippen LogP contribution < -0.4 is 5.73 Å². The fraction of sp³-hybridized carbons (Fsp3) is 0.600. The lowest BCUT2D eigenvalue weighted by molar-refractivity contribution is 0.182. The van der Waals surface area contributed by atoms with Crippen LogP contribution in [0.4, 0.5) is 4.79 Å². The third-order valence-electron chi connectivity index (χ3n) is 3.26. The summed E-state index contributed by atoms with van der Waals surface area (Å²) in [4.78, 5) is 16.8. The molecule has 1 unspecified atom stereocenters. The zero-order chi connectivity index (χ0) is 12.7. The van der Waals surface area contributed by atoms with Crippen LogP contribution in [0.3, 0.4) is 0 Å². The van der Waals surface area contributed by atoms with Gasteiger partial charge in [0.05, 0.1) is 11.5 Å². The second-order valence-corrected chi connectivity index (χ2v) is 6.59. The van der Waals surface area contributed by atoms with Crippen LogP contribution in [0.1, 0.15) is 12.8 Å². The molecule has 0 aliphatic carbocycles. The lowest BCUT2D eigenvalue weighted by Gasteiger charge is -2.39. The number of amidine groups is 1. The van der Waals surface area contributed by atoms with Crippen molar-refractivity contribution >= 4 is 21.7 Å². The molecule has 2 amide bonds. The molecule has 1 atom stereocenters. The molecule has 2 heterocycles. The van der Waals surface area contributed by atoms with Crippen LogP contribution in [0.2, 0.25) is 0 Å². The summed E-state index contributed by atoms with van der Waals surface area (Å²) in [5.41, 5.74) is 4.82. The SMILES string of the molecule is C=CCN1C(=O)N=C(N)C12CCCS(=O)(=O)C2. The summed E-state index contributed by atoms with van der Waals surface area (Å²) in [6.07, 6.45) is 2.59. The molecule has 2 N–H and O–H groups in total. The number of urea groups is 1. The zero-order valence-electron chi connectivity index (χ0n) is 9.42. The number of amides is 2. The van der Waals surface area contributed by atoms with Crippen molar-refractivity contribution in [2.24, 2.45) is 10.7 Å². The van der Waals surface area contributed by atoms with Gasteiger partial charge in [-0.25, -0.2) is 13.2 Å². The number of aliphatic imine (C=N–C) groups is 1. The summed E-state index contributed by atoms with van der Waals surface area (Å²) in [5.74, 6) is 0.139. The van der Waals surface area contributed by atoms with E-state index < -0.39 is 21.4 Å². The maximum atomic E-state index is 11.7. The molecule has 0 radical (unpaired) electrons. The second kappa shape index (κ2) is 3.83. The van der Waals surface area contributed by atoms with Crippen LogP contribution in [0, 0.1) is 0 Å². The van der Waals surface area contributed by atoms with Gasteiger partial charge in [-0.3, -0.25) is 0 Å². The van der Waals surface area contributed by atoms with Crippen molar-refractivity contribution in [3.05, 3.63) is 12.7 Å². The first kappa shape index (κ1) is 12.1. The number of nitrogens with zero attached hydrogens (tertiary/aromatic N) is 2. The van der Waals surface area contributed by atoms with Gasteiger partial charge in [0.25, 0.3) is 0 Å². The predicted molar refractivity (Wildman–Crippen MR) is 64.5 cm³/mol. The molecule has 0 aromatic carbocycles. The summed E-state index contributed by atoms with van der Waals surface area (Å²) >= 11 is 0.